The smallest absolute Gasteiger partial charge is 0.305 e. The zero-order valence-corrected chi connectivity index (χ0v) is 10.4. The van der Waals surface area contributed by atoms with Crippen molar-refractivity contribution in [3.05, 3.63) is 28.5 Å². The van der Waals surface area contributed by atoms with E-state index in [1.54, 1.807) is 0 Å². The Bertz CT molecular complexity index is 548. The van der Waals surface area contributed by atoms with Crippen molar-refractivity contribution in [3.63, 3.8) is 0 Å². The minimum atomic E-state index is -0.804. The molecule has 0 bridgehead atoms. The maximum Gasteiger partial charge on any atom is 0.305 e. The van der Waals surface area contributed by atoms with Gasteiger partial charge in [-0.3, -0.25) is 4.79 Å². The molecule has 0 radical (unpaired) electrons. The summed E-state index contributed by atoms with van der Waals surface area (Å²) in [5.74, 6) is -0.804. The zero-order valence-electron chi connectivity index (χ0n) is 8.77. The van der Waals surface area contributed by atoms with E-state index in [2.05, 4.69) is 20.9 Å². The van der Waals surface area contributed by atoms with E-state index >= 15 is 0 Å². The van der Waals surface area contributed by atoms with Crippen molar-refractivity contribution in [1.29, 1.82) is 0 Å². The molecule has 1 N–H and O–H groups in total. The number of aromatic nitrogens is 2. The Morgan fingerprint density at radius 1 is 1.56 bits per heavy atom. The summed E-state index contributed by atoms with van der Waals surface area (Å²) in [4.78, 5) is 14.9. The first-order chi connectivity index (χ1) is 7.58. The number of nitrogens with zero attached hydrogens (tertiary/aromatic N) is 2. The molecule has 16 heavy (non-hydrogen) atoms. The molecule has 2 rings (SSSR count). The van der Waals surface area contributed by atoms with Gasteiger partial charge < -0.3 is 9.67 Å². The third-order valence-corrected chi connectivity index (χ3v) is 3.01. The van der Waals surface area contributed by atoms with Crippen LogP contribution in [0.3, 0.4) is 0 Å². The van der Waals surface area contributed by atoms with Gasteiger partial charge in [-0.25, -0.2) is 4.98 Å². The van der Waals surface area contributed by atoms with Crippen LogP contribution in [0.1, 0.15) is 12.0 Å². The number of carbonyl (C=O) groups is 1. The number of aryl methyl sites for hydroxylation is 2. The van der Waals surface area contributed by atoms with E-state index < -0.39 is 5.97 Å². The SMILES string of the molecule is Cc1ccc2nc(Br)n(CCC(=O)O)c2c1. The minimum absolute atomic E-state index is 0.0952. The number of carboxylic acid groups (broad SMARTS) is 1. The molecule has 0 saturated heterocycles. The average Bonchev–Trinajstić information content (AvgIpc) is 2.51. The summed E-state index contributed by atoms with van der Waals surface area (Å²) in [5.41, 5.74) is 2.98. The number of halogens is 1. The quantitative estimate of drug-likeness (QED) is 0.942. The Morgan fingerprint density at radius 2 is 2.31 bits per heavy atom. The van der Waals surface area contributed by atoms with Crippen molar-refractivity contribution in [1.82, 2.24) is 9.55 Å². The lowest BCUT2D eigenvalue weighted by Crippen LogP contribution is -2.04. The molecule has 4 nitrogen and oxygen atoms in total. The van der Waals surface area contributed by atoms with Crippen LogP contribution in [-0.2, 0) is 11.3 Å². The Balaban J connectivity index is 2.45. The molecule has 5 heteroatoms. The summed E-state index contributed by atoms with van der Waals surface area (Å²) in [6, 6.07) is 5.94. The second kappa shape index (κ2) is 4.25. The Kier molecular flexibility index (Phi) is 2.96. The van der Waals surface area contributed by atoms with Crippen molar-refractivity contribution in [2.75, 3.05) is 0 Å². The highest BCUT2D eigenvalue weighted by atomic mass is 79.9. The van der Waals surface area contributed by atoms with Gasteiger partial charge in [0.05, 0.1) is 17.5 Å². The van der Waals surface area contributed by atoms with Gasteiger partial charge in [0, 0.05) is 6.54 Å². The lowest BCUT2D eigenvalue weighted by Gasteiger charge is -2.03. The van der Waals surface area contributed by atoms with E-state index in [0.29, 0.717) is 11.3 Å². The van der Waals surface area contributed by atoms with Gasteiger partial charge in [0.25, 0.3) is 0 Å². The van der Waals surface area contributed by atoms with Gasteiger partial charge in [-0.1, -0.05) is 6.07 Å². The van der Waals surface area contributed by atoms with E-state index in [9.17, 15) is 4.79 Å². The fraction of sp³-hybridized carbons (Fsp3) is 0.273. The third-order valence-electron chi connectivity index (χ3n) is 2.41. The highest BCUT2D eigenvalue weighted by Crippen LogP contribution is 2.21. The summed E-state index contributed by atoms with van der Waals surface area (Å²) >= 11 is 3.34. The average molecular weight is 283 g/mol. The van der Waals surface area contributed by atoms with E-state index in [0.717, 1.165) is 16.6 Å². The fourth-order valence-electron chi connectivity index (χ4n) is 1.62. The number of aliphatic carboxylic acids is 1. The summed E-state index contributed by atoms with van der Waals surface area (Å²) < 4.78 is 2.55. The second-order valence-corrected chi connectivity index (χ2v) is 4.38. The topological polar surface area (TPSA) is 55.1 Å². The first kappa shape index (κ1) is 11.1. The monoisotopic (exact) mass is 282 g/mol. The number of imidazole rings is 1. The molecule has 1 aromatic heterocycles. The molecular formula is C11H11BrN2O2. The normalized spacial score (nSPS) is 10.9. The van der Waals surface area contributed by atoms with Crippen molar-refractivity contribution in [2.24, 2.45) is 0 Å². The molecule has 84 valence electrons. The summed E-state index contributed by atoms with van der Waals surface area (Å²) in [7, 11) is 0. The van der Waals surface area contributed by atoms with Gasteiger partial charge in [-0.2, -0.15) is 0 Å². The van der Waals surface area contributed by atoms with Crippen molar-refractivity contribution >= 4 is 32.9 Å². The van der Waals surface area contributed by atoms with E-state index in [4.69, 9.17) is 5.11 Å². The number of fused-ring (bicyclic) bond motifs is 1. The van der Waals surface area contributed by atoms with E-state index in [1.807, 2.05) is 29.7 Å². The van der Waals surface area contributed by atoms with Crippen LogP contribution < -0.4 is 0 Å². The Labute approximate surface area is 101 Å². The van der Waals surface area contributed by atoms with Gasteiger partial charge in [0.1, 0.15) is 0 Å². The summed E-state index contributed by atoms with van der Waals surface area (Å²) in [6.07, 6.45) is 0.0952. The van der Waals surface area contributed by atoms with E-state index in [1.165, 1.54) is 0 Å². The number of benzene rings is 1. The first-order valence-electron chi connectivity index (χ1n) is 4.92. The Hall–Kier alpha value is -1.36. The van der Waals surface area contributed by atoms with Gasteiger partial charge in [0.2, 0.25) is 0 Å². The van der Waals surface area contributed by atoms with Crippen LogP contribution in [0.25, 0.3) is 11.0 Å². The lowest BCUT2D eigenvalue weighted by molar-refractivity contribution is -0.137. The molecule has 0 atom stereocenters. The van der Waals surface area contributed by atoms with Crippen molar-refractivity contribution < 1.29 is 9.90 Å². The highest BCUT2D eigenvalue weighted by molar-refractivity contribution is 9.10. The first-order valence-corrected chi connectivity index (χ1v) is 5.71. The van der Waals surface area contributed by atoms with Gasteiger partial charge >= 0.3 is 5.97 Å². The summed E-state index contributed by atoms with van der Waals surface area (Å²) in [6.45, 7) is 2.43. The number of rotatable bonds is 3. The number of hydrogen-bond donors (Lipinski definition) is 1. The predicted octanol–water partition coefficient (Wildman–Crippen LogP) is 2.58. The number of carboxylic acids is 1. The highest BCUT2D eigenvalue weighted by Gasteiger charge is 2.09. The third kappa shape index (κ3) is 2.09. The summed E-state index contributed by atoms with van der Waals surface area (Å²) in [5, 5.41) is 8.68. The molecule has 0 aliphatic carbocycles. The molecule has 0 saturated carbocycles. The molecule has 0 spiro atoms. The van der Waals surface area contributed by atoms with Gasteiger partial charge in [0.15, 0.2) is 4.73 Å². The molecule has 0 amide bonds. The molecule has 2 aromatic rings. The largest absolute Gasteiger partial charge is 0.481 e. The minimum Gasteiger partial charge on any atom is -0.481 e. The van der Waals surface area contributed by atoms with Crippen LogP contribution in [0, 0.1) is 6.92 Å². The van der Waals surface area contributed by atoms with Crippen LogP contribution in [0.5, 0.6) is 0 Å². The Morgan fingerprint density at radius 3 is 3.00 bits per heavy atom. The molecule has 0 aliphatic heterocycles. The van der Waals surface area contributed by atoms with Crippen LogP contribution >= 0.6 is 15.9 Å². The maximum atomic E-state index is 10.6. The fourth-order valence-corrected chi connectivity index (χ4v) is 2.18. The van der Waals surface area contributed by atoms with Crippen molar-refractivity contribution in [2.45, 2.75) is 19.9 Å². The lowest BCUT2D eigenvalue weighted by atomic mass is 10.2. The van der Waals surface area contributed by atoms with E-state index in [-0.39, 0.29) is 6.42 Å². The van der Waals surface area contributed by atoms with Crippen molar-refractivity contribution in [3.8, 4) is 0 Å². The predicted molar refractivity (Wildman–Crippen MR) is 64.4 cm³/mol. The molecule has 0 aliphatic rings. The molecule has 1 aromatic carbocycles. The van der Waals surface area contributed by atoms with Crippen LogP contribution in [0.4, 0.5) is 0 Å². The molecule has 1 heterocycles. The van der Waals surface area contributed by atoms with Gasteiger partial charge in [-0.05, 0) is 40.5 Å². The second-order valence-electron chi connectivity index (χ2n) is 3.67. The standard InChI is InChI=1S/C11H11BrN2O2/c1-7-2-3-8-9(6-7)14(11(12)13-8)5-4-10(15)16/h2-3,6H,4-5H2,1H3,(H,15,16). The molecular weight excluding hydrogens is 272 g/mol. The molecule has 0 unspecified atom stereocenters. The van der Waals surface area contributed by atoms with Crippen LogP contribution in [0.15, 0.2) is 22.9 Å². The van der Waals surface area contributed by atoms with Crippen LogP contribution in [0.2, 0.25) is 0 Å². The zero-order chi connectivity index (χ0) is 11.7. The van der Waals surface area contributed by atoms with Gasteiger partial charge in [-0.15, -0.1) is 0 Å². The number of hydrogen-bond acceptors (Lipinski definition) is 2. The molecule has 0 fully saturated rings. The maximum absolute atomic E-state index is 10.6. The van der Waals surface area contributed by atoms with Crippen LogP contribution in [-0.4, -0.2) is 20.6 Å².